The first-order valence-electron chi connectivity index (χ1n) is 5.14. The summed E-state index contributed by atoms with van der Waals surface area (Å²) in [6.45, 7) is 6.26. The van der Waals surface area contributed by atoms with Gasteiger partial charge in [0.2, 0.25) is 5.91 Å². The largest absolute Gasteiger partial charge is 0.324 e. The summed E-state index contributed by atoms with van der Waals surface area (Å²) in [4.78, 5) is 15.5. The number of anilines is 1. The molecule has 1 heterocycles. The van der Waals surface area contributed by atoms with Gasteiger partial charge in [-0.05, 0) is 42.8 Å². The van der Waals surface area contributed by atoms with E-state index in [2.05, 4.69) is 31.5 Å². The smallest absolute Gasteiger partial charge is 0.238 e. The SMILES string of the molecule is CC(C)(C)NCC(=O)Nc1cnc(Cl)c(Br)c1. The minimum Gasteiger partial charge on any atom is -0.324 e. The monoisotopic (exact) mass is 319 g/mol. The maximum atomic E-state index is 11.6. The van der Waals surface area contributed by atoms with Gasteiger partial charge in [0.25, 0.3) is 0 Å². The van der Waals surface area contributed by atoms with Gasteiger partial charge in [-0.15, -0.1) is 0 Å². The molecule has 0 aliphatic heterocycles. The minimum atomic E-state index is -0.115. The molecule has 17 heavy (non-hydrogen) atoms. The van der Waals surface area contributed by atoms with Gasteiger partial charge in [0.15, 0.2) is 0 Å². The Kier molecular flexibility index (Phi) is 4.91. The van der Waals surface area contributed by atoms with Crippen LogP contribution in [0.1, 0.15) is 20.8 Å². The van der Waals surface area contributed by atoms with Crippen LogP contribution in [-0.2, 0) is 4.79 Å². The van der Waals surface area contributed by atoms with Crippen LogP contribution in [0.15, 0.2) is 16.7 Å². The maximum Gasteiger partial charge on any atom is 0.238 e. The van der Waals surface area contributed by atoms with Crippen LogP contribution in [0.4, 0.5) is 5.69 Å². The molecule has 0 fully saturated rings. The molecule has 0 aliphatic carbocycles. The van der Waals surface area contributed by atoms with Gasteiger partial charge >= 0.3 is 0 Å². The number of nitrogens with zero attached hydrogens (tertiary/aromatic N) is 1. The molecule has 1 aromatic rings. The second kappa shape index (κ2) is 5.80. The third-order valence-corrected chi connectivity index (χ3v) is 2.99. The maximum absolute atomic E-state index is 11.6. The Bertz CT molecular complexity index is 418. The molecule has 0 radical (unpaired) electrons. The van der Waals surface area contributed by atoms with Crippen molar-refractivity contribution in [2.24, 2.45) is 0 Å². The number of halogens is 2. The fourth-order valence-electron chi connectivity index (χ4n) is 1.04. The molecule has 0 atom stereocenters. The summed E-state index contributed by atoms with van der Waals surface area (Å²) in [5, 5.41) is 6.20. The quantitative estimate of drug-likeness (QED) is 0.842. The molecule has 94 valence electrons. The fourth-order valence-corrected chi connectivity index (χ4v) is 1.49. The molecule has 6 heteroatoms. The molecule has 1 amide bonds. The van der Waals surface area contributed by atoms with Gasteiger partial charge in [-0.25, -0.2) is 4.98 Å². The summed E-state index contributed by atoms with van der Waals surface area (Å²) in [5.74, 6) is -0.115. The molecular weight excluding hydrogens is 305 g/mol. The van der Waals surface area contributed by atoms with Gasteiger partial charge < -0.3 is 10.6 Å². The lowest BCUT2D eigenvalue weighted by Gasteiger charge is -2.20. The molecule has 0 spiro atoms. The van der Waals surface area contributed by atoms with Crippen LogP contribution in [0.2, 0.25) is 5.15 Å². The third kappa shape index (κ3) is 5.48. The molecule has 0 aromatic carbocycles. The molecule has 4 nitrogen and oxygen atoms in total. The number of nitrogens with one attached hydrogen (secondary N) is 2. The van der Waals surface area contributed by atoms with E-state index in [0.717, 1.165) is 0 Å². The normalized spacial score (nSPS) is 11.4. The number of amides is 1. The van der Waals surface area contributed by atoms with E-state index in [1.54, 1.807) is 6.07 Å². The number of carbonyl (C=O) groups excluding carboxylic acids is 1. The van der Waals surface area contributed by atoms with Crippen LogP contribution in [0.3, 0.4) is 0 Å². The highest BCUT2D eigenvalue weighted by Crippen LogP contribution is 2.22. The van der Waals surface area contributed by atoms with Crippen LogP contribution in [0.5, 0.6) is 0 Å². The summed E-state index contributed by atoms with van der Waals surface area (Å²) in [6, 6.07) is 1.71. The van der Waals surface area contributed by atoms with Gasteiger partial charge in [0, 0.05) is 5.54 Å². The van der Waals surface area contributed by atoms with Crippen LogP contribution in [0, 0.1) is 0 Å². The Morgan fingerprint density at radius 2 is 2.18 bits per heavy atom. The van der Waals surface area contributed by atoms with Crippen molar-refractivity contribution < 1.29 is 4.79 Å². The van der Waals surface area contributed by atoms with Crippen LogP contribution >= 0.6 is 27.5 Å². The first kappa shape index (κ1) is 14.4. The molecule has 0 saturated carbocycles. The average molecular weight is 321 g/mol. The number of carbonyl (C=O) groups is 1. The zero-order valence-corrected chi connectivity index (χ0v) is 12.3. The molecule has 0 bridgehead atoms. The lowest BCUT2D eigenvalue weighted by Crippen LogP contribution is -2.41. The van der Waals surface area contributed by atoms with Crippen molar-refractivity contribution in [2.75, 3.05) is 11.9 Å². The summed E-state index contributed by atoms with van der Waals surface area (Å²) >= 11 is 9.00. The van der Waals surface area contributed by atoms with Gasteiger partial charge in [-0.2, -0.15) is 0 Å². The Labute approximate surface area is 114 Å². The van der Waals surface area contributed by atoms with E-state index in [-0.39, 0.29) is 18.0 Å². The standard InChI is InChI=1S/C11H15BrClN3O/c1-11(2,3)15-6-9(17)16-7-4-8(12)10(13)14-5-7/h4-5,15H,6H2,1-3H3,(H,16,17). The zero-order chi connectivity index (χ0) is 13.1. The lowest BCUT2D eigenvalue weighted by molar-refractivity contribution is -0.115. The molecule has 1 aromatic heterocycles. The van der Waals surface area contributed by atoms with Crippen molar-refractivity contribution in [1.29, 1.82) is 0 Å². The van der Waals surface area contributed by atoms with E-state index in [9.17, 15) is 4.79 Å². The number of pyridine rings is 1. The van der Waals surface area contributed by atoms with Crippen LogP contribution < -0.4 is 10.6 Å². The Balaban J connectivity index is 2.54. The fraction of sp³-hybridized carbons (Fsp3) is 0.455. The second-order valence-corrected chi connectivity index (χ2v) is 5.86. The predicted molar refractivity (Wildman–Crippen MR) is 73.3 cm³/mol. The third-order valence-electron chi connectivity index (χ3n) is 1.86. The van der Waals surface area contributed by atoms with Gasteiger partial charge in [0.1, 0.15) is 5.15 Å². The van der Waals surface area contributed by atoms with Gasteiger partial charge in [0.05, 0.1) is 22.9 Å². The van der Waals surface area contributed by atoms with E-state index in [4.69, 9.17) is 11.6 Å². The van der Waals surface area contributed by atoms with Crippen molar-refractivity contribution in [1.82, 2.24) is 10.3 Å². The van der Waals surface area contributed by atoms with E-state index < -0.39 is 0 Å². The lowest BCUT2D eigenvalue weighted by atomic mass is 10.1. The molecular formula is C11H15BrClN3O. The topological polar surface area (TPSA) is 54.0 Å². The van der Waals surface area contributed by atoms with Crippen LogP contribution in [0.25, 0.3) is 0 Å². The first-order valence-corrected chi connectivity index (χ1v) is 6.31. The van der Waals surface area contributed by atoms with Crippen molar-refractivity contribution in [3.05, 3.63) is 21.9 Å². The van der Waals surface area contributed by atoms with Crippen molar-refractivity contribution in [2.45, 2.75) is 26.3 Å². The summed E-state index contributed by atoms with van der Waals surface area (Å²) in [5.41, 5.74) is 0.526. The zero-order valence-electron chi connectivity index (χ0n) is 9.97. The number of rotatable bonds is 3. The van der Waals surface area contributed by atoms with Gasteiger partial charge in [-0.3, -0.25) is 4.79 Å². The highest BCUT2D eigenvalue weighted by Gasteiger charge is 2.11. The molecule has 0 unspecified atom stereocenters. The molecule has 2 N–H and O–H groups in total. The molecule has 1 rings (SSSR count). The predicted octanol–water partition coefficient (Wildman–Crippen LogP) is 2.82. The highest BCUT2D eigenvalue weighted by atomic mass is 79.9. The van der Waals surface area contributed by atoms with Crippen molar-refractivity contribution >= 4 is 39.1 Å². The summed E-state index contributed by atoms with van der Waals surface area (Å²) < 4.78 is 0.653. The van der Waals surface area contributed by atoms with E-state index >= 15 is 0 Å². The minimum absolute atomic E-state index is 0.0871. The highest BCUT2D eigenvalue weighted by molar-refractivity contribution is 9.10. The Morgan fingerprint density at radius 1 is 1.53 bits per heavy atom. The summed E-state index contributed by atoms with van der Waals surface area (Å²) in [7, 11) is 0. The van der Waals surface area contributed by atoms with Crippen molar-refractivity contribution in [3.8, 4) is 0 Å². The molecule has 0 saturated heterocycles. The van der Waals surface area contributed by atoms with Crippen molar-refractivity contribution in [3.63, 3.8) is 0 Å². The Hall–Kier alpha value is -0.650. The number of hydrogen-bond donors (Lipinski definition) is 2. The molecule has 0 aliphatic rings. The van der Waals surface area contributed by atoms with E-state index in [1.807, 2.05) is 20.8 Å². The average Bonchev–Trinajstić information content (AvgIpc) is 2.20. The van der Waals surface area contributed by atoms with E-state index in [0.29, 0.717) is 15.3 Å². The number of aromatic nitrogens is 1. The van der Waals surface area contributed by atoms with Crippen LogP contribution in [-0.4, -0.2) is 23.0 Å². The summed E-state index contributed by atoms with van der Waals surface area (Å²) in [6.07, 6.45) is 1.52. The van der Waals surface area contributed by atoms with Gasteiger partial charge in [-0.1, -0.05) is 11.6 Å². The second-order valence-electron chi connectivity index (χ2n) is 4.65. The number of hydrogen-bond acceptors (Lipinski definition) is 3. The first-order chi connectivity index (χ1) is 7.78. The van der Waals surface area contributed by atoms with E-state index in [1.165, 1.54) is 6.20 Å². The Morgan fingerprint density at radius 3 is 2.71 bits per heavy atom.